The molecule has 1 saturated carbocycles. The summed E-state index contributed by atoms with van der Waals surface area (Å²) in [5.41, 5.74) is 2.95. The SMILES string of the molecule is CCCNC1CCC(CC)CC1SCc1ccccc1C. The highest BCUT2D eigenvalue weighted by Gasteiger charge is 2.29. The van der Waals surface area contributed by atoms with Crippen LogP contribution in [0.5, 0.6) is 0 Å². The van der Waals surface area contributed by atoms with Crippen LogP contribution in [0, 0.1) is 12.8 Å². The standard InChI is InChI=1S/C19H31NS/c1-4-12-20-18-11-10-16(5-2)13-19(18)21-14-17-9-7-6-8-15(17)3/h6-9,16,18-20H,4-5,10-14H2,1-3H3. The summed E-state index contributed by atoms with van der Waals surface area (Å²) in [5.74, 6) is 2.11. The molecule has 0 aromatic heterocycles. The summed E-state index contributed by atoms with van der Waals surface area (Å²) in [7, 11) is 0. The Labute approximate surface area is 135 Å². The van der Waals surface area contributed by atoms with Crippen molar-refractivity contribution < 1.29 is 0 Å². The molecule has 21 heavy (non-hydrogen) atoms. The summed E-state index contributed by atoms with van der Waals surface area (Å²) < 4.78 is 0. The van der Waals surface area contributed by atoms with Crippen LogP contribution in [-0.4, -0.2) is 17.8 Å². The van der Waals surface area contributed by atoms with Gasteiger partial charge in [-0.3, -0.25) is 0 Å². The van der Waals surface area contributed by atoms with Crippen molar-refractivity contribution in [2.45, 2.75) is 69.9 Å². The molecule has 0 bridgehead atoms. The van der Waals surface area contributed by atoms with E-state index in [-0.39, 0.29) is 0 Å². The fraction of sp³-hybridized carbons (Fsp3) is 0.684. The first kappa shape index (κ1) is 16.9. The van der Waals surface area contributed by atoms with Crippen LogP contribution >= 0.6 is 11.8 Å². The first-order chi connectivity index (χ1) is 10.2. The molecule has 2 rings (SSSR count). The fourth-order valence-electron chi connectivity index (χ4n) is 3.30. The Bertz CT molecular complexity index is 418. The van der Waals surface area contributed by atoms with E-state index in [9.17, 15) is 0 Å². The molecule has 1 N–H and O–H groups in total. The Morgan fingerprint density at radius 1 is 1.19 bits per heavy atom. The highest BCUT2D eigenvalue weighted by molar-refractivity contribution is 7.99. The largest absolute Gasteiger partial charge is 0.313 e. The van der Waals surface area contributed by atoms with E-state index in [0.717, 1.165) is 23.0 Å². The molecule has 1 aliphatic rings. The van der Waals surface area contributed by atoms with Crippen LogP contribution in [0.3, 0.4) is 0 Å². The average molecular weight is 306 g/mol. The van der Waals surface area contributed by atoms with E-state index in [1.165, 1.54) is 49.8 Å². The van der Waals surface area contributed by atoms with Crippen LogP contribution in [0.15, 0.2) is 24.3 Å². The van der Waals surface area contributed by atoms with Crippen LogP contribution < -0.4 is 5.32 Å². The van der Waals surface area contributed by atoms with Gasteiger partial charge in [0, 0.05) is 17.0 Å². The Morgan fingerprint density at radius 2 is 2.00 bits per heavy atom. The van der Waals surface area contributed by atoms with Gasteiger partial charge < -0.3 is 5.32 Å². The van der Waals surface area contributed by atoms with Crippen molar-refractivity contribution in [3.8, 4) is 0 Å². The molecule has 1 aromatic carbocycles. The third kappa shape index (κ3) is 5.03. The van der Waals surface area contributed by atoms with Crippen molar-refractivity contribution in [2.75, 3.05) is 6.54 Å². The maximum absolute atomic E-state index is 3.80. The summed E-state index contributed by atoms with van der Waals surface area (Å²) >= 11 is 2.18. The minimum absolute atomic E-state index is 0.724. The quantitative estimate of drug-likeness (QED) is 0.745. The maximum Gasteiger partial charge on any atom is 0.0207 e. The van der Waals surface area contributed by atoms with E-state index >= 15 is 0 Å². The van der Waals surface area contributed by atoms with Crippen LogP contribution in [0.2, 0.25) is 0 Å². The van der Waals surface area contributed by atoms with Gasteiger partial charge in [-0.15, -0.1) is 0 Å². The number of thioether (sulfide) groups is 1. The molecule has 0 radical (unpaired) electrons. The molecule has 0 heterocycles. The Balaban J connectivity index is 1.93. The summed E-state index contributed by atoms with van der Waals surface area (Å²) in [6.45, 7) is 8.02. The normalized spacial score (nSPS) is 26.0. The molecule has 2 heteroatoms. The Morgan fingerprint density at radius 3 is 2.71 bits per heavy atom. The molecular weight excluding hydrogens is 274 g/mol. The van der Waals surface area contributed by atoms with Gasteiger partial charge in [-0.05, 0) is 56.2 Å². The lowest BCUT2D eigenvalue weighted by molar-refractivity contribution is 0.295. The monoisotopic (exact) mass is 305 g/mol. The first-order valence-corrected chi connectivity index (χ1v) is 9.69. The van der Waals surface area contributed by atoms with Crippen LogP contribution in [0.4, 0.5) is 0 Å². The molecule has 0 saturated heterocycles. The number of hydrogen-bond acceptors (Lipinski definition) is 2. The number of rotatable bonds is 7. The summed E-state index contributed by atoms with van der Waals surface area (Å²) in [6, 6.07) is 9.56. The highest BCUT2D eigenvalue weighted by atomic mass is 32.2. The van der Waals surface area contributed by atoms with Gasteiger partial charge in [0.2, 0.25) is 0 Å². The third-order valence-corrected chi connectivity index (χ3v) is 6.28. The predicted molar refractivity (Wildman–Crippen MR) is 96.0 cm³/mol. The molecule has 3 unspecified atom stereocenters. The minimum atomic E-state index is 0.724. The van der Waals surface area contributed by atoms with Gasteiger partial charge in [0.1, 0.15) is 0 Å². The number of aryl methyl sites for hydroxylation is 1. The van der Waals surface area contributed by atoms with Gasteiger partial charge in [-0.2, -0.15) is 11.8 Å². The lowest BCUT2D eigenvalue weighted by atomic mass is 9.84. The second-order valence-corrected chi connectivity index (χ2v) is 7.65. The van der Waals surface area contributed by atoms with Crippen molar-refractivity contribution in [1.82, 2.24) is 5.32 Å². The van der Waals surface area contributed by atoms with Gasteiger partial charge in [-0.25, -0.2) is 0 Å². The zero-order valence-corrected chi connectivity index (χ0v) is 14.7. The zero-order chi connectivity index (χ0) is 15.1. The molecule has 3 atom stereocenters. The number of hydrogen-bond donors (Lipinski definition) is 1. The van der Waals surface area contributed by atoms with Gasteiger partial charge in [0.05, 0.1) is 0 Å². The lowest BCUT2D eigenvalue weighted by Gasteiger charge is -2.36. The van der Waals surface area contributed by atoms with Crippen molar-refractivity contribution in [2.24, 2.45) is 5.92 Å². The average Bonchev–Trinajstić information content (AvgIpc) is 2.52. The molecule has 1 fully saturated rings. The maximum atomic E-state index is 3.80. The van der Waals surface area contributed by atoms with Crippen molar-refractivity contribution in [3.63, 3.8) is 0 Å². The highest BCUT2D eigenvalue weighted by Crippen LogP contribution is 2.35. The van der Waals surface area contributed by atoms with E-state index in [2.05, 4.69) is 62.1 Å². The molecule has 0 amide bonds. The molecule has 0 spiro atoms. The lowest BCUT2D eigenvalue weighted by Crippen LogP contribution is -2.43. The molecule has 1 nitrogen and oxygen atoms in total. The molecule has 118 valence electrons. The second kappa shape index (κ2) is 8.85. The smallest absolute Gasteiger partial charge is 0.0207 e. The predicted octanol–water partition coefficient (Wildman–Crippen LogP) is 5.18. The van der Waals surface area contributed by atoms with Crippen LogP contribution in [0.1, 0.15) is 57.1 Å². The Kier molecular flexibility index (Phi) is 7.12. The van der Waals surface area contributed by atoms with E-state index in [1.54, 1.807) is 0 Å². The van der Waals surface area contributed by atoms with Crippen LogP contribution in [-0.2, 0) is 5.75 Å². The molecule has 0 aliphatic heterocycles. The van der Waals surface area contributed by atoms with Crippen molar-refractivity contribution in [3.05, 3.63) is 35.4 Å². The van der Waals surface area contributed by atoms with Gasteiger partial charge in [-0.1, -0.05) is 44.5 Å². The van der Waals surface area contributed by atoms with Crippen LogP contribution in [0.25, 0.3) is 0 Å². The van der Waals surface area contributed by atoms with Gasteiger partial charge >= 0.3 is 0 Å². The molecule has 1 aliphatic carbocycles. The number of benzene rings is 1. The van der Waals surface area contributed by atoms with Crippen molar-refractivity contribution in [1.29, 1.82) is 0 Å². The summed E-state index contributed by atoms with van der Waals surface area (Å²) in [4.78, 5) is 0. The molecular formula is C19H31NS. The minimum Gasteiger partial charge on any atom is -0.313 e. The number of nitrogens with one attached hydrogen (secondary N) is 1. The van der Waals surface area contributed by atoms with E-state index in [1.807, 2.05) is 0 Å². The Hall–Kier alpha value is -0.470. The van der Waals surface area contributed by atoms with E-state index in [4.69, 9.17) is 0 Å². The fourth-order valence-corrected chi connectivity index (χ4v) is 4.89. The summed E-state index contributed by atoms with van der Waals surface area (Å²) in [5, 5.41) is 4.58. The van der Waals surface area contributed by atoms with Crippen molar-refractivity contribution >= 4 is 11.8 Å². The van der Waals surface area contributed by atoms with E-state index in [0.29, 0.717) is 0 Å². The topological polar surface area (TPSA) is 12.0 Å². The zero-order valence-electron chi connectivity index (χ0n) is 13.9. The first-order valence-electron chi connectivity index (χ1n) is 8.64. The van der Waals surface area contributed by atoms with E-state index < -0.39 is 0 Å². The summed E-state index contributed by atoms with van der Waals surface area (Å²) in [6.07, 6.45) is 6.77. The van der Waals surface area contributed by atoms with Gasteiger partial charge in [0.15, 0.2) is 0 Å². The molecule has 1 aromatic rings. The third-order valence-electron chi connectivity index (χ3n) is 4.85. The van der Waals surface area contributed by atoms with Gasteiger partial charge in [0.25, 0.3) is 0 Å². The second-order valence-electron chi connectivity index (χ2n) is 6.42.